The maximum Gasteiger partial charge on any atom is 0.419 e. The van der Waals surface area contributed by atoms with Crippen LogP contribution in [0.5, 0.6) is 0 Å². The Morgan fingerprint density at radius 2 is 1.39 bits per heavy atom. The lowest BCUT2D eigenvalue weighted by Crippen LogP contribution is -2.47. The Bertz CT molecular complexity index is 1670. The van der Waals surface area contributed by atoms with Crippen molar-refractivity contribution in [3.8, 4) is 0 Å². The molecule has 4 aromatic rings. The summed E-state index contributed by atoms with van der Waals surface area (Å²) in [6.45, 7) is 10.9. The summed E-state index contributed by atoms with van der Waals surface area (Å²) < 4.78 is 13.2. The number of fused-ring (bicyclic) bond motifs is 1. The molecule has 2 heterocycles. The number of aromatic nitrogens is 3. The van der Waals surface area contributed by atoms with Crippen molar-refractivity contribution in [2.45, 2.75) is 90.4 Å². The monoisotopic (exact) mass is 621 g/mol. The molecule has 2 amide bonds. The fraction of sp³-hybridized carbons (Fsp3) is 0.432. The summed E-state index contributed by atoms with van der Waals surface area (Å²) in [7, 11) is 0. The zero-order valence-electron chi connectivity index (χ0n) is 27.6. The zero-order chi connectivity index (χ0) is 32.6. The van der Waals surface area contributed by atoms with Crippen molar-refractivity contribution in [1.29, 1.82) is 0 Å². The number of carbonyl (C=O) groups excluding carboxylic acids is 2. The lowest BCUT2D eigenvalue weighted by Gasteiger charge is -2.38. The summed E-state index contributed by atoms with van der Waals surface area (Å²) in [6.07, 6.45) is 4.12. The van der Waals surface area contributed by atoms with Gasteiger partial charge in [-0.1, -0.05) is 60.7 Å². The van der Waals surface area contributed by atoms with E-state index in [9.17, 15) is 9.59 Å². The van der Waals surface area contributed by atoms with Gasteiger partial charge >= 0.3 is 12.2 Å². The number of benzene rings is 2. The average molecular weight is 622 g/mol. The topological polar surface area (TPSA) is 98.9 Å². The van der Waals surface area contributed by atoms with E-state index in [1.165, 1.54) is 0 Å². The Kier molecular flexibility index (Phi) is 8.44. The average Bonchev–Trinajstić information content (AvgIpc) is 3.75. The molecule has 0 atom stereocenters. The fourth-order valence-corrected chi connectivity index (χ4v) is 5.84. The molecule has 2 aliphatic rings. The van der Waals surface area contributed by atoms with Crippen LogP contribution in [0, 0.1) is 5.92 Å². The highest BCUT2D eigenvalue weighted by molar-refractivity contribution is 6.15. The number of aliphatic imine (C=N–C) groups is 1. The van der Waals surface area contributed by atoms with Gasteiger partial charge in [0, 0.05) is 29.8 Å². The van der Waals surface area contributed by atoms with Crippen molar-refractivity contribution in [3.63, 3.8) is 0 Å². The fourth-order valence-electron chi connectivity index (χ4n) is 5.84. The van der Waals surface area contributed by atoms with Crippen LogP contribution in [0.15, 0.2) is 77.9 Å². The first-order valence-electron chi connectivity index (χ1n) is 16.2. The third-order valence-corrected chi connectivity index (χ3v) is 8.11. The first kappa shape index (κ1) is 31.5. The molecule has 0 aliphatic heterocycles. The van der Waals surface area contributed by atoms with Crippen LogP contribution in [0.4, 0.5) is 15.3 Å². The Morgan fingerprint density at radius 3 is 1.89 bits per heavy atom. The van der Waals surface area contributed by atoms with Gasteiger partial charge in [-0.2, -0.15) is 5.10 Å². The first-order valence-corrected chi connectivity index (χ1v) is 16.2. The van der Waals surface area contributed by atoms with Crippen LogP contribution in [-0.2, 0) is 9.47 Å². The maximum absolute atomic E-state index is 13.1. The predicted molar refractivity (Wildman–Crippen MR) is 179 cm³/mol. The maximum atomic E-state index is 13.1. The number of nitrogens with zero attached hydrogens (tertiary/aromatic N) is 5. The first-order chi connectivity index (χ1) is 21.9. The Labute approximate surface area is 270 Å². The van der Waals surface area contributed by atoms with Gasteiger partial charge in [0.25, 0.3) is 0 Å². The molecule has 2 fully saturated rings. The van der Waals surface area contributed by atoms with Crippen molar-refractivity contribution in [2.24, 2.45) is 10.9 Å². The van der Waals surface area contributed by atoms with Crippen molar-refractivity contribution in [1.82, 2.24) is 19.7 Å². The quantitative estimate of drug-likeness (QED) is 0.192. The van der Waals surface area contributed by atoms with Crippen LogP contribution in [0.3, 0.4) is 0 Å². The molecule has 9 heteroatoms. The Balaban J connectivity index is 1.29. The minimum absolute atomic E-state index is 0.0811. The molecule has 6 rings (SSSR count). The van der Waals surface area contributed by atoms with E-state index < -0.39 is 23.4 Å². The number of ether oxygens (including phenoxy) is 2. The molecule has 2 saturated carbocycles. The van der Waals surface area contributed by atoms with Crippen LogP contribution in [0.2, 0.25) is 0 Å². The zero-order valence-corrected chi connectivity index (χ0v) is 27.6. The third-order valence-electron chi connectivity index (χ3n) is 8.11. The van der Waals surface area contributed by atoms with Gasteiger partial charge in [-0.3, -0.25) is 0 Å². The summed E-state index contributed by atoms with van der Waals surface area (Å²) in [4.78, 5) is 37.3. The predicted octanol–water partition coefficient (Wildman–Crippen LogP) is 8.60. The van der Waals surface area contributed by atoms with Crippen molar-refractivity contribution >= 4 is 34.6 Å². The summed E-state index contributed by atoms with van der Waals surface area (Å²) >= 11 is 0. The molecule has 2 aromatic carbocycles. The van der Waals surface area contributed by atoms with Gasteiger partial charge in [0.15, 0.2) is 5.65 Å². The van der Waals surface area contributed by atoms with E-state index in [-0.39, 0.29) is 18.5 Å². The summed E-state index contributed by atoms with van der Waals surface area (Å²) in [5.74, 6) is 0.474. The summed E-state index contributed by atoms with van der Waals surface area (Å²) in [5.41, 5.74) is 4.24. The smallest absolute Gasteiger partial charge is 0.419 e. The van der Waals surface area contributed by atoms with Crippen molar-refractivity contribution in [3.05, 3.63) is 89.7 Å². The van der Waals surface area contributed by atoms with Gasteiger partial charge < -0.3 is 9.47 Å². The molecule has 0 bridgehead atoms. The number of hydrogen-bond donors (Lipinski definition) is 0. The Morgan fingerprint density at radius 1 is 0.848 bits per heavy atom. The van der Waals surface area contributed by atoms with Gasteiger partial charge in [0.2, 0.25) is 0 Å². The molecule has 0 radical (unpaired) electrons. The number of hydrogen-bond acceptors (Lipinski definition) is 7. The van der Waals surface area contributed by atoms with Crippen LogP contribution >= 0.6 is 0 Å². The highest BCUT2D eigenvalue weighted by atomic mass is 16.6. The molecular weight excluding hydrogens is 578 g/mol. The molecule has 0 saturated heterocycles. The van der Waals surface area contributed by atoms with Gasteiger partial charge in [-0.05, 0) is 79.2 Å². The number of pyridine rings is 1. The number of amides is 2. The van der Waals surface area contributed by atoms with Gasteiger partial charge in [-0.15, -0.1) is 0 Å². The van der Waals surface area contributed by atoms with E-state index in [1.807, 2.05) is 48.7 Å². The van der Waals surface area contributed by atoms with E-state index in [2.05, 4.69) is 28.9 Å². The van der Waals surface area contributed by atoms with Gasteiger partial charge in [0.05, 0.1) is 28.5 Å². The molecule has 0 unspecified atom stereocenters. The van der Waals surface area contributed by atoms with E-state index >= 15 is 0 Å². The van der Waals surface area contributed by atoms with Crippen LogP contribution < -0.4 is 0 Å². The number of carbonyl (C=O) groups is 2. The van der Waals surface area contributed by atoms with E-state index in [0.29, 0.717) is 5.92 Å². The molecule has 0 N–H and O–H groups in total. The standard InChI is InChI=1S/C37H43N5O4/c1-36(2,3)45-34(43)41(35(44)46-37(4,5)6)23-24-21-28(22-24)42-33-30(32(40-42)27-17-18-27)29(19-20-38-33)39-31(25-13-9-7-10-14-25)26-15-11-8-12-16-26/h7-16,19-20,24,27-28H,17-18,21-23H2,1-6H3. The molecule has 46 heavy (non-hydrogen) atoms. The van der Waals surface area contributed by atoms with Crippen LogP contribution in [0.25, 0.3) is 11.0 Å². The lowest BCUT2D eigenvalue weighted by atomic mass is 9.80. The summed E-state index contributed by atoms with van der Waals surface area (Å²) in [6, 6.07) is 22.6. The minimum Gasteiger partial charge on any atom is -0.443 e. The Hall–Kier alpha value is -4.53. The van der Waals surface area contributed by atoms with Crippen molar-refractivity contribution < 1.29 is 19.1 Å². The molecule has 9 nitrogen and oxygen atoms in total. The second-order valence-corrected chi connectivity index (χ2v) is 14.4. The molecule has 0 spiro atoms. The SMILES string of the molecule is CC(C)(C)OC(=O)N(CC1CC(n2nc(C3CC3)c3c(N=C(c4ccccc4)c4ccccc4)ccnc32)C1)C(=O)OC(C)(C)C. The second-order valence-electron chi connectivity index (χ2n) is 14.4. The molecule has 2 aromatic heterocycles. The molecule has 240 valence electrons. The van der Waals surface area contributed by atoms with E-state index in [1.54, 1.807) is 41.5 Å². The highest BCUT2D eigenvalue weighted by Gasteiger charge is 2.40. The largest absolute Gasteiger partial charge is 0.443 e. The number of imide groups is 1. The van der Waals surface area contributed by atoms with Crippen molar-refractivity contribution in [2.75, 3.05) is 6.54 Å². The minimum atomic E-state index is -0.737. The molecular formula is C37H43N5O4. The van der Waals surface area contributed by atoms with E-state index in [0.717, 1.165) is 69.8 Å². The number of rotatable bonds is 7. The lowest BCUT2D eigenvalue weighted by molar-refractivity contribution is -0.00633. The third kappa shape index (κ3) is 7.14. The highest BCUT2D eigenvalue weighted by Crippen LogP contribution is 2.47. The van der Waals surface area contributed by atoms with Crippen LogP contribution in [0.1, 0.15) is 96.0 Å². The van der Waals surface area contributed by atoms with Gasteiger partial charge in [0.1, 0.15) is 11.2 Å². The normalized spacial score (nSPS) is 18.0. The van der Waals surface area contributed by atoms with E-state index in [4.69, 9.17) is 24.5 Å². The van der Waals surface area contributed by atoms with Gasteiger partial charge in [-0.25, -0.2) is 29.1 Å². The molecule has 2 aliphatic carbocycles. The second kappa shape index (κ2) is 12.3. The van der Waals surface area contributed by atoms with Crippen LogP contribution in [-0.4, -0.2) is 55.3 Å². The summed E-state index contributed by atoms with van der Waals surface area (Å²) in [5, 5.41) is 6.16.